The van der Waals surface area contributed by atoms with Crippen LogP contribution in [0.15, 0.2) is 0 Å². The molecule has 1 aliphatic rings. The fourth-order valence-corrected chi connectivity index (χ4v) is 2.47. The van der Waals surface area contributed by atoms with E-state index in [2.05, 4.69) is 30.7 Å². The van der Waals surface area contributed by atoms with Crippen LogP contribution in [0.1, 0.15) is 26.7 Å². The number of likely N-dealkylation sites (N-methyl/N-ethyl adjacent to an activating group) is 1. The van der Waals surface area contributed by atoms with Crippen LogP contribution in [0.3, 0.4) is 0 Å². The van der Waals surface area contributed by atoms with Gasteiger partial charge >= 0.3 is 0 Å². The van der Waals surface area contributed by atoms with Crippen LogP contribution in [0, 0.1) is 0 Å². The van der Waals surface area contributed by atoms with Crippen molar-refractivity contribution in [3.63, 3.8) is 0 Å². The number of piperazine rings is 1. The van der Waals surface area contributed by atoms with Crippen LogP contribution in [-0.4, -0.2) is 53.6 Å². The Balaban J connectivity index is 2.46. The molecular formula is C11H23N3S. The van der Waals surface area contributed by atoms with E-state index in [1.807, 2.05) is 0 Å². The van der Waals surface area contributed by atoms with Crippen LogP contribution in [0.2, 0.25) is 0 Å². The van der Waals surface area contributed by atoms with Gasteiger partial charge in [0.25, 0.3) is 0 Å². The molecule has 0 aromatic heterocycles. The molecule has 0 aliphatic carbocycles. The van der Waals surface area contributed by atoms with Gasteiger partial charge in [-0.25, -0.2) is 0 Å². The highest BCUT2D eigenvalue weighted by Gasteiger charge is 2.25. The minimum atomic E-state index is 0.491. The fourth-order valence-electron chi connectivity index (χ4n) is 2.23. The molecule has 15 heavy (non-hydrogen) atoms. The summed E-state index contributed by atoms with van der Waals surface area (Å²) in [5.74, 6) is 0. The summed E-state index contributed by atoms with van der Waals surface area (Å²) >= 11 is 4.96. The van der Waals surface area contributed by atoms with Crippen molar-refractivity contribution in [3.8, 4) is 0 Å². The molecule has 2 N–H and O–H groups in total. The minimum absolute atomic E-state index is 0.491. The summed E-state index contributed by atoms with van der Waals surface area (Å²) in [7, 11) is 2.21. The van der Waals surface area contributed by atoms with Crippen LogP contribution in [0.5, 0.6) is 0 Å². The maximum absolute atomic E-state index is 5.59. The third-order valence-electron chi connectivity index (χ3n) is 3.40. The van der Waals surface area contributed by atoms with Crippen LogP contribution in [-0.2, 0) is 0 Å². The zero-order valence-electron chi connectivity index (χ0n) is 10.1. The average Bonchev–Trinajstić information content (AvgIpc) is 2.17. The molecule has 0 radical (unpaired) electrons. The largest absolute Gasteiger partial charge is 0.393 e. The number of nitrogens with zero attached hydrogens (tertiary/aromatic N) is 2. The predicted octanol–water partition coefficient (Wildman–Crippen LogP) is 1.08. The average molecular weight is 229 g/mol. The molecule has 0 bridgehead atoms. The zero-order valence-corrected chi connectivity index (χ0v) is 10.9. The maximum Gasteiger partial charge on any atom is 0.0742 e. The van der Waals surface area contributed by atoms with Gasteiger partial charge in [-0.1, -0.05) is 19.1 Å². The lowest BCUT2D eigenvalue weighted by molar-refractivity contribution is 0.0697. The SMILES string of the molecule is CCC1CN(C(C)CC(N)=S)CCN1C. The van der Waals surface area contributed by atoms with Crippen molar-refractivity contribution in [3.05, 3.63) is 0 Å². The second-order valence-corrected chi connectivity index (χ2v) is 5.08. The van der Waals surface area contributed by atoms with Crippen LogP contribution >= 0.6 is 12.2 Å². The first kappa shape index (κ1) is 12.9. The summed E-state index contributed by atoms with van der Waals surface area (Å²) in [6.45, 7) is 7.91. The van der Waals surface area contributed by atoms with Crippen molar-refractivity contribution < 1.29 is 0 Å². The lowest BCUT2D eigenvalue weighted by Gasteiger charge is -2.41. The standard InChI is InChI=1S/C11H23N3S/c1-4-10-8-14(6-5-13(10)3)9(2)7-11(12)15/h9-10H,4-8H2,1-3H3,(H2,12,15). The maximum atomic E-state index is 5.59. The Bertz CT molecular complexity index is 220. The summed E-state index contributed by atoms with van der Waals surface area (Å²) in [6, 6.07) is 1.18. The molecule has 2 atom stereocenters. The molecule has 1 heterocycles. The smallest absolute Gasteiger partial charge is 0.0742 e. The van der Waals surface area contributed by atoms with E-state index in [1.54, 1.807) is 0 Å². The second-order valence-electron chi connectivity index (χ2n) is 4.56. The summed E-state index contributed by atoms with van der Waals surface area (Å²) < 4.78 is 0. The van der Waals surface area contributed by atoms with E-state index in [4.69, 9.17) is 18.0 Å². The highest BCUT2D eigenvalue weighted by atomic mass is 32.1. The number of hydrogen-bond donors (Lipinski definition) is 1. The number of nitrogens with two attached hydrogens (primary N) is 1. The number of hydrogen-bond acceptors (Lipinski definition) is 3. The molecule has 0 spiro atoms. The lowest BCUT2D eigenvalue weighted by atomic mass is 10.1. The van der Waals surface area contributed by atoms with Crippen molar-refractivity contribution >= 4 is 17.2 Å². The van der Waals surface area contributed by atoms with E-state index < -0.39 is 0 Å². The van der Waals surface area contributed by atoms with Gasteiger partial charge in [-0.05, 0) is 20.4 Å². The van der Waals surface area contributed by atoms with E-state index in [1.165, 1.54) is 6.42 Å². The van der Waals surface area contributed by atoms with Gasteiger partial charge in [0.15, 0.2) is 0 Å². The van der Waals surface area contributed by atoms with E-state index in [0.717, 1.165) is 26.1 Å². The molecule has 1 fully saturated rings. The normalized spacial score (nSPS) is 26.5. The third kappa shape index (κ3) is 3.70. The first-order valence-electron chi connectivity index (χ1n) is 5.77. The van der Waals surface area contributed by atoms with Gasteiger partial charge in [0.2, 0.25) is 0 Å². The highest BCUT2D eigenvalue weighted by molar-refractivity contribution is 7.80. The van der Waals surface area contributed by atoms with Crippen LogP contribution < -0.4 is 5.73 Å². The van der Waals surface area contributed by atoms with Gasteiger partial charge in [-0.3, -0.25) is 4.90 Å². The van der Waals surface area contributed by atoms with Gasteiger partial charge in [-0.2, -0.15) is 0 Å². The van der Waals surface area contributed by atoms with Gasteiger partial charge < -0.3 is 10.6 Å². The fraction of sp³-hybridized carbons (Fsp3) is 0.909. The number of rotatable bonds is 4. The molecule has 1 saturated heterocycles. The molecule has 3 nitrogen and oxygen atoms in total. The first-order chi connectivity index (χ1) is 7.04. The van der Waals surface area contributed by atoms with E-state index in [9.17, 15) is 0 Å². The Kier molecular flexibility index (Phi) is 4.96. The van der Waals surface area contributed by atoms with E-state index >= 15 is 0 Å². The van der Waals surface area contributed by atoms with Gasteiger partial charge in [-0.15, -0.1) is 0 Å². The topological polar surface area (TPSA) is 32.5 Å². The third-order valence-corrected chi connectivity index (χ3v) is 3.57. The zero-order chi connectivity index (χ0) is 11.4. The summed E-state index contributed by atoms with van der Waals surface area (Å²) in [5, 5.41) is 0. The van der Waals surface area contributed by atoms with Crippen molar-refractivity contribution in [2.45, 2.75) is 38.8 Å². The van der Waals surface area contributed by atoms with Crippen molar-refractivity contribution in [1.82, 2.24) is 9.80 Å². The van der Waals surface area contributed by atoms with Crippen molar-refractivity contribution in [1.29, 1.82) is 0 Å². The number of thiocarbonyl (C=S) groups is 1. The van der Waals surface area contributed by atoms with Crippen molar-refractivity contribution in [2.75, 3.05) is 26.7 Å². The van der Waals surface area contributed by atoms with E-state index in [-0.39, 0.29) is 0 Å². The molecule has 1 rings (SSSR count). The highest BCUT2D eigenvalue weighted by Crippen LogP contribution is 2.14. The minimum Gasteiger partial charge on any atom is -0.393 e. The quantitative estimate of drug-likeness (QED) is 0.731. The molecule has 2 unspecified atom stereocenters. The van der Waals surface area contributed by atoms with Crippen LogP contribution in [0.4, 0.5) is 0 Å². The molecule has 88 valence electrons. The Labute approximate surface area is 98.6 Å². The Morgan fingerprint density at radius 3 is 2.73 bits per heavy atom. The summed E-state index contributed by atoms with van der Waals surface area (Å²) in [6.07, 6.45) is 2.06. The molecule has 0 aromatic carbocycles. The summed E-state index contributed by atoms with van der Waals surface area (Å²) in [5.41, 5.74) is 5.59. The molecule has 0 saturated carbocycles. The molecule has 4 heteroatoms. The summed E-state index contributed by atoms with van der Waals surface area (Å²) in [4.78, 5) is 5.59. The monoisotopic (exact) mass is 229 g/mol. The molecule has 0 aromatic rings. The molecule has 0 amide bonds. The molecule has 1 aliphatic heterocycles. The van der Waals surface area contributed by atoms with Gasteiger partial charge in [0, 0.05) is 38.1 Å². The second kappa shape index (κ2) is 5.77. The first-order valence-corrected chi connectivity index (χ1v) is 6.18. The van der Waals surface area contributed by atoms with Gasteiger partial charge in [0.1, 0.15) is 0 Å². The van der Waals surface area contributed by atoms with Crippen LogP contribution in [0.25, 0.3) is 0 Å². The lowest BCUT2D eigenvalue weighted by Crippen LogP contribution is -2.54. The Morgan fingerprint density at radius 1 is 1.53 bits per heavy atom. The van der Waals surface area contributed by atoms with Crippen molar-refractivity contribution in [2.24, 2.45) is 5.73 Å². The predicted molar refractivity (Wildman–Crippen MR) is 69.1 cm³/mol. The molecular weight excluding hydrogens is 206 g/mol. The van der Waals surface area contributed by atoms with E-state index in [0.29, 0.717) is 17.1 Å². The van der Waals surface area contributed by atoms with Gasteiger partial charge in [0.05, 0.1) is 4.99 Å². The Morgan fingerprint density at radius 2 is 2.20 bits per heavy atom. The Hall–Kier alpha value is -0.190.